The number of nitrogens with two attached hydrogens (primary N) is 1. The molecule has 3 heterocycles. The van der Waals surface area contributed by atoms with Gasteiger partial charge in [-0.2, -0.15) is 20.2 Å². The van der Waals surface area contributed by atoms with Gasteiger partial charge in [-0.1, -0.05) is 6.07 Å². The quantitative estimate of drug-likeness (QED) is 0.599. The Morgan fingerprint density at radius 3 is 2.70 bits per heavy atom. The molecule has 2 atom stereocenters. The molecule has 0 aromatic carbocycles. The minimum atomic E-state index is -0.544. The minimum Gasteiger partial charge on any atom is -0.463 e. The molecule has 1 saturated heterocycles. The molecule has 2 aromatic rings. The summed E-state index contributed by atoms with van der Waals surface area (Å²) in [5, 5.41) is 11.7. The summed E-state index contributed by atoms with van der Waals surface area (Å²) in [6, 6.07) is 7.61. The summed E-state index contributed by atoms with van der Waals surface area (Å²) in [5.41, 5.74) is 6.45. The molecule has 2 amide bonds. The van der Waals surface area contributed by atoms with Crippen molar-refractivity contribution in [1.29, 1.82) is 5.26 Å². The molecule has 11 nitrogen and oxygen atoms in total. The van der Waals surface area contributed by atoms with Crippen molar-refractivity contribution in [2.45, 2.75) is 32.1 Å². The zero-order valence-corrected chi connectivity index (χ0v) is 18.4. The van der Waals surface area contributed by atoms with Crippen molar-refractivity contribution >= 4 is 17.8 Å². The number of piperidine rings is 1. The van der Waals surface area contributed by atoms with Crippen LogP contribution in [0.1, 0.15) is 58.9 Å². The molecule has 0 radical (unpaired) electrons. The largest absolute Gasteiger partial charge is 0.463 e. The molecule has 4 rings (SSSR count). The van der Waals surface area contributed by atoms with E-state index in [0.29, 0.717) is 32.2 Å². The monoisotopic (exact) mass is 450 g/mol. The SMILES string of the molecule is CCNC(=O)c1nc(OC[C@H]2CC2C#N)nc(N2CCC(c3cccc(C(N)=O)n3)CC2)n1. The highest BCUT2D eigenvalue weighted by atomic mass is 16.5. The molecule has 0 bridgehead atoms. The van der Waals surface area contributed by atoms with Crippen LogP contribution in [0.25, 0.3) is 0 Å². The topological polar surface area (TPSA) is 160 Å². The van der Waals surface area contributed by atoms with Crippen molar-refractivity contribution in [1.82, 2.24) is 25.3 Å². The summed E-state index contributed by atoms with van der Waals surface area (Å²) in [6.45, 7) is 3.89. The van der Waals surface area contributed by atoms with Crippen LogP contribution in [0.3, 0.4) is 0 Å². The molecule has 1 aliphatic heterocycles. The first-order chi connectivity index (χ1) is 16.0. The van der Waals surface area contributed by atoms with E-state index in [0.717, 1.165) is 25.0 Å². The molecule has 2 fully saturated rings. The van der Waals surface area contributed by atoms with E-state index < -0.39 is 11.8 Å². The Kier molecular flexibility index (Phi) is 6.63. The fourth-order valence-corrected chi connectivity index (χ4v) is 3.86. The van der Waals surface area contributed by atoms with Crippen molar-refractivity contribution in [3.8, 4) is 12.1 Å². The van der Waals surface area contributed by atoms with Crippen LogP contribution in [-0.4, -0.2) is 58.0 Å². The average Bonchev–Trinajstić information content (AvgIpc) is 3.61. The number of rotatable bonds is 8. The van der Waals surface area contributed by atoms with E-state index >= 15 is 0 Å². The predicted molar refractivity (Wildman–Crippen MR) is 117 cm³/mol. The first-order valence-electron chi connectivity index (χ1n) is 11.1. The van der Waals surface area contributed by atoms with E-state index in [-0.39, 0.29) is 35.3 Å². The highest BCUT2D eigenvalue weighted by molar-refractivity contribution is 5.91. The number of hydrogen-bond donors (Lipinski definition) is 2. The number of primary amides is 1. The van der Waals surface area contributed by atoms with Gasteiger partial charge in [0.05, 0.1) is 18.6 Å². The summed E-state index contributed by atoms with van der Waals surface area (Å²) in [6.07, 6.45) is 2.36. The first-order valence-corrected chi connectivity index (χ1v) is 11.1. The number of amides is 2. The van der Waals surface area contributed by atoms with Crippen molar-refractivity contribution in [2.75, 3.05) is 31.1 Å². The van der Waals surface area contributed by atoms with Gasteiger partial charge in [0.1, 0.15) is 5.69 Å². The Labute approximate surface area is 191 Å². The highest BCUT2D eigenvalue weighted by Crippen LogP contribution is 2.37. The van der Waals surface area contributed by atoms with E-state index in [1.165, 1.54) is 0 Å². The van der Waals surface area contributed by atoms with Crippen LogP contribution in [0, 0.1) is 23.2 Å². The van der Waals surface area contributed by atoms with Crippen LogP contribution < -0.4 is 20.7 Å². The van der Waals surface area contributed by atoms with E-state index in [1.807, 2.05) is 17.9 Å². The second-order valence-corrected chi connectivity index (χ2v) is 8.22. The van der Waals surface area contributed by atoms with Crippen molar-refractivity contribution in [3.63, 3.8) is 0 Å². The van der Waals surface area contributed by atoms with Gasteiger partial charge >= 0.3 is 6.01 Å². The molecule has 2 aliphatic rings. The molecule has 1 unspecified atom stereocenters. The smallest absolute Gasteiger partial charge is 0.321 e. The Balaban J connectivity index is 1.47. The van der Waals surface area contributed by atoms with Gasteiger partial charge in [-0.3, -0.25) is 9.59 Å². The average molecular weight is 451 g/mol. The molecule has 1 aliphatic carbocycles. The molecule has 1 saturated carbocycles. The number of nitrogens with zero attached hydrogens (tertiary/aromatic N) is 6. The number of anilines is 1. The lowest BCUT2D eigenvalue weighted by molar-refractivity contribution is 0.0942. The van der Waals surface area contributed by atoms with E-state index in [4.69, 9.17) is 15.7 Å². The lowest BCUT2D eigenvalue weighted by atomic mass is 9.93. The molecule has 33 heavy (non-hydrogen) atoms. The predicted octanol–water partition coefficient (Wildman–Crippen LogP) is 1.04. The Morgan fingerprint density at radius 1 is 1.24 bits per heavy atom. The number of nitriles is 1. The van der Waals surface area contributed by atoms with Gasteiger partial charge in [-0.05, 0) is 38.3 Å². The lowest BCUT2D eigenvalue weighted by Crippen LogP contribution is -2.35. The molecule has 11 heteroatoms. The second kappa shape index (κ2) is 9.77. The van der Waals surface area contributed by atoms with E-state index in [9.17, 15) is 9.59 Å². The van der Waals surface area contributed by atoms with Crippen molar-refractivity contribution < 1.29 is 14.3 Å². The normalized spacial score (nSPS) is 20.1. The van der Waals surface area contributed by atoms with Crippen LogP contribution in [0.5, 0.6) is 6.01 Å². The highest BCUT2D eigenvalue weighted by Gasteiger charge is 2.38. The Bertz CT molecular complexity index is 1080. The van der Waals surface area contributed by atoms with Gasteiger partial charge in [0.25, 0.3) is 11.8 Å². The summed E-state index contributed by atoms with van der Waals surface area (Å²) in [7, 11) is 0. The number of nitrogens with one attached hydrogen (secondary N) is 1. The van der Waals surface area contributed by atoms with Gasteiger partial charge < -0.3 is 20.7 Å². The van der Waals surface area contributed by atoms with Gasteiger partial charge in [0, 0.05) is 37.2 Å². The second-order valence-electron chi connectivity index (χ2n) is 8.22. The van der Waals surface area contributed by atoms with Crippen LogP contribution in [0.15, 0.2) is 18.2 Å². The van der Waals surface area contributed by atoms with E-state index in [1.54, 1.807) is 12.1 Å². The number of aromatic nitrogens is 4. The Morgan fingerprint density at radius 2 is 2.03 bits per heavy atom. The number of carbonyl (C=O) groups is 2. The summed E-state index contributed by atoms with van der Waals surface area (Å²) >= 11 is 0. The molecule has 0 spiro atoms. The van der Waals surface area contributed by atoms with Crippen LogP contribution >= 0.6 is 0 Å². The summed E-state index contributed by atoms with van der Waals surface area (Å²) in [4.78, 5) is 43.2. The third-order valence-electron chi connectivity index (χ3n) is 5.88. The fraction of sp³-hybridized carbons (Fsp3) is 0.500. The number of ether oxygens (including phenoxy) is 1. The van der Waals surface area contributed by atoms with Gasteiger partial charge in [0.15, 0.2) is 0 Å². The number of pyridine rings is 1. The zero-order valence-electron chi connectivity index (χ0n) is 18.4. The first kappa shape index (κ1) is 22.4. The van der Waals surface area contributed by atoms with Gasteiger partial charge in [-0.25, -0.2) is 4.98 Å². The van der Waals surface area contributed by atoms with Crippen molar-refractivity contribution in [3.05, 3.63) is 35.4 Å². The lowest BCUT2D eigenvalue weighted by Gasteiger charge is -2.31. The van der Waals surface area contributed by atoms with Crippen LogP contribution in [-0.2, 0) is 0 Å². The van der Waals surface area contributed by atoms with Gasteiger partial charge in [0.2, 0.25) is 11.8 Å². The third-order valence-corrected chi connectivity index (χ3v) is 5.88. The zero-order chi connectivity index (χ0) is 23.4. The maximum atomic E-state index is 12.4. The number of carbonyl (C=O) groups excluding carboxylic acids is 2. The number of hydrogen-bond acceptors (Lipinski definition) is 9. The molecule has 2 aromatic heterocycles. The maximum Gasteiger partial charge on any atom is 0.321 e. The van der Waals surface area contributed by atoms with E-state index in [2.05, 4.69) is 31.3 Å². The fourth-order valence-electron chi connectivity index (χ4n) is 3.86. The Hall–Kier alpha value is -3.81. The molecule has 3 N–H and O–H groups in total. The van der Waals surface area contributed by atoms with Crippen LogP contribution in [0.2, 0.25) is 0 Å². The molecular formula is C22H26N8O3. The molecular weight excluding hydrogens is 424 g/mol. The molecule has 172 valence electrons. The summed E-state index contributed by atoms with van der Waals surface area (Å²) < 4.78 is 5.71. The van der Waals surface area contributed by atoms with Crippen LogP contribution in [0.4, 0.5) is 5.95 Å². The minimum absolute atomic E-state index is 0.00225. The maximum absolute atomic E-state index is 12.4. The standard InChI is InChI=1S/C22H26N8O3/c1-2-25-20(32)19-27-21(29-22(28-19)33-12-15-10-14(15)11-23)30-8-6-13(7-9-30)16-4-3-5-17(26-16)18(24)31/h3-5,13-15H,2,6-10,12H2,1H3,(H2,24,31)(H,25,32)/t14?,15-/m1/s1. The summed E-state index contributed by atoms with van der Waals surface area (Å²) in [5.74, 6) is -0.198. The van der Waals surface area contributed by atoms with Crippen molar-refractivity contribution in [2.24, 2.45) is 17.6 Å². The van der Waals surface area contributed by atoms with Gasteiger partial charge in [-0.15, -0.1) is 0 Å². The third kappa shape index (κ3) is 5.34.